The van der Waals surface area contributed by atoms with E-state index in [4.69, 9.17) is 10.5 Å². The normalized spacial score (nSPS) is 12.1. The quantitative estimate of drug-likeness (QED) is 0.342. The smallest absolute Gasteiger partial charge is 0.338 e. The second-order valence-corrected chi connectivity index (χ2v) is 4.84. The van der Waals surface area contributed by atoms with E-state index >= 15 is 0 Å². The number of hydrogen-bond donors (Lipinski definition) is 2. The van der Waals surface area contributed by atoms with Gasteiger partial charge in [0.2, 0.25) is 0 Å². The Bertz CT molecular complexity index is 418. The molecule has 0 spiro atoms. The molecule has 0 aliphatic heterocycles. The van der Waals surface area contributed by atoms with Gasteiger partial charge in [0.05, 0.1) is 17.4 Å². The molecule has 0 heterocycles. The number of phenols is 1. The summed E-state index contributed by atoms with van der Waals surface area (Å²) in [5.41, 5.74) is 6.10. The van der Waals surface area contributed by atoms with Crippen LogP contribution < -0.4 is 5.73 Å². The van der Waals surface area contributed by atoms with E-state index in [0.29, 0.717) is 5.56 Å². The largest absolute Gasteiger partial charge is 0.506 e. The number of benzene rings is 1. The van der Waals surface area contributed by atoms with Gasteiger partial charge in [0.15, 0.2) is 0 Å². The third-order valence-electron chi connectivity index (χ3n) is 3.04. The summed E-state index contributed by atoms with van der Waals surface area (Å²) in [4.78, 5) is 11.8. The number of esters is 1. The molecule has 3 N–H and O–H groups in total. The molecule has 19 heavy (non-hydrogen) atoms. The van der Waals surface area contributed by atoms with E-state index < -0.39 is 5.97 Å². The Kier molecular flexibility index (Phi) is 6.19. The number of unbranched alkanes of at least 4 members (excludes halogenated alkanes) is 3. The van der Waals surface area contributed by atoms with Crippen LogP contribution in [0.5, 0.6) is 5.75 Å². The summed E-state index contributed by atoms with van der Waals surface area (Å²) in [7, 11) is 0. The van der Waals surface area contributed by atoms with Gasteiger partial charge in [-0.05, 0) is 38.0 Å². The zero-order valence-electron chi connectivity index (χ0n) is 11.7. The molecule has 4 nitrogen and oxygen atoms in total. The summed E-state index contributed by atoms with van der Waals surface area (Å²) in [6.45, 7) is 4.06. The lowest BCUT2D eigenvalue weighted by Gasteiger charge is -2.13. The highest BCUT2D eigenvalue weighted by Crippen LogP contribution is 2.21. The predicted molar refractivity (Wildman–Crippen MR) is 76.2 cm³/mol. The lowest BCUT2D eigenvalue weighted by molar-refractivity contribution is 0.0319. The minimum atomic E-state index is -0.394. The van der Waals surface area contributed by atoms with Crippen molar-refractivity contribution < 1.29 is 14.6 Å². The molecule has 1 aromatic carbocycles. The Morgan fingerprint density at radius 2 is 2.11 bits per heavy atom. The molecule has 0 aliphatic rings. The molecule has 1 aromatic rings. The van der Waals surface area contributed by atoms with Crippen LogP contribution in [0.3, 0.4) is 0 Å². The molecular formula is C15H23NO3. The van der Waals surface area contributed by atoms with Gasteiger partial charge in [0.1, 0.15) is 5.75 Å². The number of carbonyl (C=O) groups excluding carboxylic acids is 1. The average molecular weight is 265 g/mol. The first-order chi connectivity index (χ1) is 9.04. The van der Waals surface area contributed by atoms with E-state index in [0.717, 1.165) is 12.8 Å². The van der Waals surface area contributed by atoms with Gasteiger partial charge in [0.25, 0.3) is 0 Å². The molecule has 0 bridgehead atoms. The molecule has 0 saturated heterocycles. The number of carbonyl (C=O) groups is 1. The summed E-state index contributed by atoms with van der Waals surface area (Å²) < 4.78 is 5.34. The fourth-order valence-corrected chi connectivity index (χ4v) is 1.85. The van der Waals surface area contributed by atoms with Gasteiger partial charge in [-0.1, -0.05) is 26.2 Å². The summed E-state index contributed by atoms with van der Waals surface area (Å²) in [5.74, 6) is -0.418. The van der Waals surface area contributed by atoms with E-state index in [1.165, 1.54) is 37.5 Å². The van der Waals surface area contributed by atoms with Gasteiger partial charge in [-0.25, -0.2) is 4.79 Å². The van der Waals surface area contributed by atoms with Gasteiger partial charge in [-0.15, -0.1) is 0 Å². The number of nitrogens with two attached hydrogens (primary N) is 1. The van der Waals surface area contributed by atoms with Crippen molar-refractivity contribution in [3.8, 4) is 5.75 Å². The Labute approximate surface area is 114 Å². The first kappa shape index (κ1) is 15.3. The van der Waals surface area contributed by atoms with Crippen LogP contribution in [0.1, 0.15) is 56.3 Å². The van der Waals surface area contributed by atoms with Crippen molar-refractivity contribution >= 4 is 11.7 Å². The highest BCUT2D eigenvalue weighted by Gasteiger charge is 2.13. The van der Waals surface area contributed by atoms with Crippen LogP contribution in [0.25, 0.3) is 0 Å². The Morgan fingerprint density at radius 1 is 1.37 bits per heavy atom. The van der Waals surface area contributed by atoms with Crippen LogP contribution in [0.15, 0.2) is 18.2 Å². The number of anilines is 1. The van der Waals surface area contributed by atoms with Crippen molar-refractivity contribution in [1.82, 2.24) is 0 Å². The number of aromatic hydroxyl groups is 1. The lowest BCUT2D eigenvalue weighted by Crippen LogP contribution is -2.15. The topological polar surface area (TPSA) is 72.5 Å². The van der Waals surface area contributed by atoms with E-state index in [1.54, 1.807) is 0 Å². The molecular weight excluding hydrogens is 242 g/mol. The maximum Gasteiger partial charge on any atom is 0.338 e. The number of rotatable bonds is 7. The van der Waals surface area contributed by atoms with Gasteiger partial charge in [-0.2, -0.15) is 0 Å². The zero-order chi connectivity index (χ0) is 14.3. The first-order valence-electron chi connectivity index (χ1n) is 6.84. The van der Waals surface area contributed by atoms with Gasteiger partial charge in [0, 0.05) is 0 Å². The standard InChI is InChI=1S/C15H23NO3/c1-3-4-5-6-7-11(2)19-15(18)12-8-9-14(17)13(16)10-12/h8-11,17H,3-7,16H2,1-2H3. The summed E-state index contributed by atoms with van der Waals surface area (Å²) in [6.07, 6.45) is 5.43. The molecule has 1 unspecified atom stereocenters. The minimum absolute atomic E-state index is 0.0239. The van der Waals surface area contributed by atoms with Crippen molar-refractivity contribution in [2.45, 2.75) is 52.1 Å². The molecule has 0 radical (unpaired) electrons. The van der Waals surface area contributed by atoms with Crippen molar-refractivity contribution in [3.05, 3.63) is 23.8 Å². The van der Waals surface area contributed by atoms with Crippen LogP contribution >= 0.6 is 0 Å². The fourth-order valence-electron chi connectivity index (χ4n) is 1.85. The summed E-state index contributed by atoms with van der Waals surface area (Å²) in [6, 6.07) is 4.34. The molecule has 4 heteroatoms. The van der Waals surface area contributed by atoms with Gasteiger partial charge < -0.3 is 15.6 Å². The zero-order valence-corrected chi connectivity index (χ0v) is 11.7. The first-order valence-corrected chi connectivity index (χ1v) is 6.84. The van der Waals surface area contributed by atoms with Crippen molar-refractivity contribution in [3.63, 3.8) is 0 Å². The third-order valence-corrected chi connectivity index (χ3v) is 3.04. The highest BCUT2D eigenvalue weighted by molar-refractivity contribution is 5.91. The van der Waals surface area contributed by atoms with Crippen LogP contribution in [0, 0.1) is 0 Å². The molecule has 1 atom stereocenters. The molecule has 0 fully saturated rings. The number of ether oxygens (including phenoxy) is 1. The van der Waals surface area contributed by atoms with Crippen LogP contribution in [0.4, 0.5) is 5.69 Å². The van der Waals surface area contributed by atoms with Crippen LogP contribution in [-0.4, -0.2) is 17.2 Å². The maximum atomic E-state index is 11.8. The third kappa shape index (κ3) is 5.20. The molecule has 0 saturated carbocycles. The SMILES string of the molecule is CCCCCCC(C)OC(=O)c1ccc(O)c(N)c1. The monoisotopic (exact) mass is 265 g/mol. The van der Waals surface area contributed by atoms with E-state index in [2.05, 4.69) is 6.92 Å². The minimum Gasteiger partial charge on any atom is -0.506 e. The predicted octanol–water partition coefficient (Wildman–Crippen LogP) is 3.49. The molecule has 0 aliphatic carbocycles. The summed E-state index contributed by atoms with van der Waals surface area (Å²) >= 11 is 0. The fraction of sp³-hybridized carbons (Fsp3) is 0.533. The van der Waals surface area contributed by atoms with Crippen molar-refractivity contribution in [2.24, 2.45) is 0 Å². The second-order valence-electron chi connectivity index (χ2n) is 4.84. The van der Waals surface area contributed by atoms with E-state index in [1.807, 2.05) is 6.92 Å². The molecule has 1 rings (SSSR count). The lowest BCUT2D eigenvalue weighted by atomic mass is 10.1. The molecule has 106 valence electrons. The van der Waals surface area contributed by atoms with Gasteiger partial charge >= 0.3 is 5.97 Å². The highest BCUT2D eigenvalue weighted by atomic mass is 16.5. The van der Waals surface area contributed by atoms with Crippen molar-refractivity contribution in [2.75, 3.05) is 5.73 Å². The van der Waals surface area contributed by atoms with Gasteiger partial charge in [-0.3, -0.25) is 0 Å². The van der Waals surface area contributed by atoms with E-state index in [9.17, 15) is 9.90 Å². The average Bonchev–Trinajstić information content (AvgIpc) is 2.38. The molecule has 0 amide bonds. The Balaban J connectivity index is 2.43. The number of phenolic OH excluding ortho intramolecular Hbond substituents is 1. The second kappa shape index (κ2) is 7.67. The van der Waals surface area contributed by atoms with Crippen molar-refractivity contribution in [1.29, 1.82) is 0 Å². The Morgan fingerprint density at radius 3 is 2.74 bits per heavy atom. The Hall–Kier alpha value is -1.71. The number of hydrogen-bond acceptors (Lipinski definition) is 4. The maximum absolute atomic E-state index is 11.8. The van der Waals surface area contributed by atoms with E-state index in [-0.39, 0.29) is 17.5 Å². The van der Waals surface area contributed by atoms with Crippen LogP contribution in [-0.2, 0) is 4.74 Å². The number of nitrogen functional groups attached to an aromatic ring is 1. The van der Waals surface area contributed by atoms with Crippen LogP contribution in [0.2, 0.25) is 0 Å². The molecule has 0 aromatic heterocycles. The summed E-state index contributed by atoms with van der Waals surface area (Å²) in [5, 5.41) is 9.30.